The smallest absolute Gasteiger partial charge is 0.236 e. The Hall–Kier alpha value is -1.92. The summed E-state index contributed by atoms with van der Waals surface area (Å²) in [6.45, 7) is 8.26. The molecule has 0 bridgehead atoms. The van der Waals surface area contributed by atoms with Crippen LogP contribution in [0.5, 0.6) is 0 Å². The van der Waals surface area contributed by atoms with E-state index in [9.17, 15) is 9.59 Å². The molecule has 2 saturated heterocycles. The monoisotopic (exact) mass is 426 g/mol. The van der Waals surface area contributed by atoms with Crippen molar-refractivity contribution >= 4 is 11.8 Å². The number of likely N-dealkylation sites (tertiary alicyclic amines) is 1. The molecule has 1 N–H and O–H groups in total. The zero-order valence-electron chi connectivity index (χ0n) is 19.1. The van der Waals surface area contributed by atoms with Gasteiger partial charge in [0.05, 0.1) is 19.1 Å². The lowest BCUT2D eigenvalue weighted by Crippen LogP contribution is -2.52. The van der Waals surface area contributed by atoms with Gasteiger partial charge in [-0.25, -0.2) is 0 Å². The number of nitrogens with one attached hydrogen (secondary N) is 1. The van der Waals surface area contributed by atoms with Gasteiger partial charge >= 0.3 is 0 Å². The van der Waals surface area contributed by atoms with Crippen LogP contribution < -0.4 is 5.32 Å². The molecule has 31 heavy (non-hydrogen) atoms. The molecule has 0 saturated carbocycles. The van der Waals surface area contributed by atoms with Gasteiger partial charge in [-0.15, -0.1) is 0 Å². The lowest BCUT2D eigenvalue weighted by atomic mass is 9.89. The highest BCUT2D eigenvalue weighted by atomic mass is 16.2. The quantitative estimate of drug-likeness (QED) is 0.759. The molecule has 1 aromatic carbocycles. The molecule has 1 atom stereocenters. The maximum Gasteiger partial charge on any atom is 0.236 e. The van der Waals surface area contributed by atoms with Gasteiger partial charge in [0.2, 0.25) is 11.8 Å². The van der Waals surface area contributed by atoms with Crippen LogP contribution in [0.4, 0.5) is 0 Å². The first-order chi connectivity index (χ1) is 15.1. The number of hydrogen-bond donors (Lipinski definition) is 1. The molecule has 1 aromatic rings. The number of aryl methyl sites for hydroxylation is 2. The third kappa shape index (κ3) is 6.07. The molecule has 1 aliphatic carbocycles. The van der Waals surface area contributed by atoms with Gasteiger partial charge in [0.1, 0.15) is 0 Å². The zero-order chi connectivity index (χ0) is 21.6. The van der Waals surface area contributed by atoms with Crippen molar-refractivity contribution in [3.05, 3.63) is 34.9 Å². The fraction of sp³-hybridized carbons (Fsp3) is 0.680. The number of carbonyl (C=O) groups excluding carboxylic acids is 2. The highest BCUT2D eigenvalue weighted by molar-refractivity contribution is 5.79. The van der Waals surface area contributed by atoms with Gasteiger partial charge < -0.3 is 10.2 Å². The van der Waals surface area contributed by atoms with Crippen LogP contribution in [0.3, 0.4) is 0 Å². The third-order valence-corrected chi connectivity index (χ3v) is 7.15. The van der Waals surface area contributed by atoms with Crippen LogP contribution in [0.2, 0.25) is 0 Å². The summed E-state index contributed by atoms with van der Waals surface area (Å²) in [6, 6.07) is 6.74. The minimum Gasteiger partial charge on any atom is -0.348 e. The van der Waals surface area contributed by atoms with E-state index in [-0.39, 0.29) is 17.9 Å². The lowest BCUT2D eigenvalue weighted by molar-refractivity contribution is -0.134. The number of hydrogen-bond acceptors (Lipinski definition) is 4. The van der Waals surface area contributed by atoms with Crippen LogP contribution in [-0.4, -0.2) is 78.9 Å². The third-order valence-electron chi connectivity index (χ3n) is 7.15. The van der Waals surface area contributed by atoms with Gasteiger partial charge in [0, 0.05) is 39.3 Å². The molecule has 0 aromatic heterocycles. The standard InChI is InChI=1S/C25H38N4O2/c1-20(22-10-9-21-7-3-4-8-23(21)17-22)26-24(30)18-27-13-15-28(16-14-27)19-25(31)29-11-5-2-6-12-29/h9-10,17,20H,2-8,11-16,18-19H2,1H3,(H,26,30). The van der Waals surface area contributed by atoms with Gasteiger partial charge in [-0.2, -0.15) is 0 Å². The summed E-state index contributed by atoms with van der Waals surface area (Å²) in [5.41, 5.74) is 4.14. The van der Waals surface area contributed by atoms with Crippen LogP contribution in [-0.2, 0) is 22.4 Å². The highest BCUT2D eigenvalue weighted by Crippen LogP contribution is 2.24. The normalized spacial score (nSPS) is 21.4. The number of nitrogens with zero attached hydrogens (tertiary/aromatic N) is 3. The van der Waals surface area contributed by atoms with Crippen LogP contribution >= 0.6 is 0 Å². The van der Waals surface area contributed by atoms with Crippen molar-refractivity contribution < 1.29 is 9.59 Å². The molecular weight excluding hydrogens is 388 g/mol. The Labute approximate surface area is 187 Å². The Morgan fingerprint density at radius 3 is 2.19 bits per heavy atom. The number of carbonyl (C=O) groups is 2. The van der Waals surface area contributed by atoms with Crippen molar-refractivity contribution in [1.29, 1.82) is 0 Å². The van der Waals surface area contributed by atoms with E-state index in [0.29, 0.717) is 13.1 Å². The summed E-state index contributed by atoms with van der Waals surface area (Å²) in [4.78, 5) is 31.6. The molecule has 4 rings (SSSR count). The fourth-order valence-corrected chi connectivity index (χ4v) is 5.14. The van der Waals surface area contributed by atoms with E-state index >= 15 is 0 Å². The van der Waals surface area contributed by atoms with Gasteiger partial charge in [0.15, 0.2) is 0 Å². The molecule has 6 nitrogen and oxygen atoms in total. The number of fused-ring (bicyclic) bond motifs is 1. The molecule has 2 aliphatic heterocycles. The summed E-state index contributed by atoms with van der Waals surface area (Å²) in [7, 11) is 0. The first-order valence-electron chi connectivity index (χ1n) is 12.2. The van der Waals surface area contributed by atoms with Crippen molar-refractivity contribution in [2.45, 2.75) is 57.9 Å². The second kappa shape index (κ2) is 10.6. The van der Waals surface area contributed by atoms with Gasteiger partial charge in [-0.1, -0.05) is 18.2 Å². The van der Waals surface area contributed by atoms with Crippen molar-refractivity contribution in [3.63, 3.8) is 0 Å². The molecular formula is C25H38N4O2. The minimum atomic E-state index is 0.0307. The van der Waals surface area contributed by atoms with E-state index in [2.05, 4.69) is 40.2 Å². The lowest BCUT2D eigenvalue weighted by Gasteiger charge is -2.35. The molecule has 0 spiro atoms. The van der Waals surface area contributed by atoms with Crippen molar-refractivity contribution in [3.8, 4) is 0 Å². The molecule has 2 amide bonds. The van der Waals surface area contributed by atoms with Crippen LogP contribution in [0.25, 0.3) is 0 Å². The average Bonchev–Trinajstić information content (AvgIpc) is 2.80. The van der Waals surface area contributed by atoms with Crippen molar-refractivity contribution in [2.24, 2.45) is 0 Å². The summed E-state index contributed by atoms with van der Waals surface area (Å²) in [6.07, 6.45) is 8.43. The van der Waals surface area contributed by atoms with Gasteiger partial charge in [0.25, 0.3) is 0 Å². The summed E-state index contributed by atoms with van der Waals surface area (Å²) < 4.78 is 0. The highest BCUT2D eigenvalue weighted by Gasteiger charge is 2.24. The Morgan fingerprint density at radius 2 is 1.48 bits per heavy atom. The van der Waals surface area contributed by atoms with E-state index in [0.717, 1.165) is 58.5 Å². The minimum absolute atomic E-state index is 0.0307. The maximum absolute atomic E-state index is 12.6. The number of piperazine rings is 1. The molecule has 6 heteroatoms. The van der Waals surface area contributed by atoms with E-state index in [1.165, 1.54) is 42.4 Å². The average molecular weight is 427 g/mol. The Bertz CT molecular complexity index is 767. The first-order valence-corrected chi connectivity index (χ1v) is 12.2. The van der Waals surface area contributed by atoms with E-state index < -0.39 is 0 Å². The number of benzene rings is 1. The number of piperidine rings is 1. The Kier molecular flexibility index (Phi) is 7.62. The fourth-order valence-electron chi connectivity index (χ4n) is 5.14. The summed E-state index contributed by atoms with van der Waals surface area (Å²) >= 11 is 0. The maximum atomic E-state index is 12.6. The SMILES string of the molecule is CC(NC(=O)CN1CCN(CC(=O)N2CCCCC2)CC1)c1ccc2c(c1)CCCC2. The number of rotatable bonds is 6. The molecule has 2 fully saturated rings. The molecule has 3 aliphatic rings. The van der Waals surface area contributed by atoms with Crippen molar-refractivity contribution in [1.82, 2.24) is 20.0 Å². The molecule has 2 heterocycles. The molecule has 0 radical (unpaired) electrons. The summed E-state index contributed by atoms with van der Waals surface area (Å²) in [5.74, 6) is 0.354. The zero-order valence-corrected chi connectivity index (χ0v) is 19.1. The largest absolute Gasteiger partial charge is 0.348 e. The van der Waals surface area contributed by atoms with E-state index in [4.69, 9.17) is 0 Å². The Balaban J connectivity index is 1.19. The molecule has 1 unspecified atom stereocenters. The van der Waals surface area contributed by atoms with Crippen LogP contribution in [0.1, 0.15) is 61.8 Å². The second-order valence-corrected chi connectivity index (χ2v) is 9.52. The van der Waals surface area contributed by atoms with E-state index in [1.54, 1.807) is 0 Å². The topological polar surface area (TPSA) is 55.9 Å². The Morgan fingerprint density at radius 1 is 0.839 bits per heavy atom. The predicted molar refractivity (Wildman–Crippen MR) is 123 cm³/mol. The predicted octanol–water partition coefficient (Wildman–Crippen LogP) is 2.37. The summed E-state index contributed by atoms with van der Waals surface area (Å²) in [5, 5.41) is 3.18. The van der Waals surface area contributed by atoms with Gasteiger partial charge in [-0.3, -0.25) is 19.4 Å². The van der Waals surface area contributed by atoms with Crippen molar-refractivity contribution in [2.75, 3.05) is 52.4 Å². The van der Waals surface area contributed by atoms with Crippen LogP contribution in [0.15, 0.2) is 18.2 Å². The molecule has 170 valence electrons. The first kappa shape index (κ1) is 22.3. The van der Waals surface area contributed by atoms with E-state index in [1.807, 2.05) is 4.90 Å². The second-order valence-electron chi connectivity index (χ2n) is 9.52. The van der Waals surface area contributed by atoms with Crippen LogP contribution in [0, 0.1) is 0 Å². The van der Waals surface area contributed by atoms with Gasteiger partial charge in [-0.05, 0) is 68.6 Å². The number of amides is 2.